The second-order valence-electron chi connectivity index (χ2n) is 9.72. The Balaban J connectivity index is 1.08. The number of amides is 1. The number of H-pyrrole nitrogens is 2. The van der Waals surface area contributed by atoms with Crippen LogP contribution < -0.4 is 15.5 Å². The van der Waals surface area contributed by atoms with Gasteiger partial charge in [0.15, 0.2) is 17.5 Å². The summed E-state index contributed by atoms with van der Waals surface area (Å²) in [5, 5.41) is 18.4. The lowest BCUT2D eigenvalue weighted by Crippen LogP contribution is -2.41. The van der Waals surface area contributed by atoms with Gasteiger partial charge in [-0.1, -0.05) is 6.07 Å². The van der Waals surface area contributed by atoms with Crippen LogP contribution in [0.3, 0.4) is 0 Å². The highest BCUT2D eigenvalue weighted by atomic mass is 19.1. The van der Waals surface area contributed by atoms with Gasteiger partial charge >= 0.3 is 0 Å². The van der Waals surface area contributed by atoms with Crippen LogP contribution in [0.4, 0.5) is 22.0 Å². The zero-order chi connectivity index (χ0) is 26.9. The fourth-order valence-corrected chi connectivity index (χ4v) is 4.74. The van der Waals surface area contributed by atoms with Crippen molar-refractivity contribution >= 4 is 34.5 Å². The summed E-state index contributed by atoms with van der Waals surface area (Å²) in [5.74, 6) is 1.95. The summed E-state index contributed by atoms with van der Waals surface area (Å²) >= 11 is 0. The molecule has 1 aliphatic rings. The van der Waals surface area contributed by atoms with Crippen LogP contribution in [0.2, 0.25) is 0 Å². The average molecular weight is 530 g/mol. The molecule has 0 aliphatic carbocycles. The van der Waals surface area contributed by atoms with E-state index in [0.717, 1.165) is 28.5 Å². The average Bonchev–Trinajstić information content (AvgIpc) is 3.70. The number of nitrogens with zero attached hydrogens (tertiary/aromatic N) is 7. The molecule has 5 aromatic rings. The number of carbonyl (C=O) groups excluding carboxylic acids is 1. The summed E-state index contributed by atoms with van der Waals surface area (Å²) in [6.07, 6.45) is 7.28. The van der Waals surface area contributed by atoms with E-state index in [1.165, 1.54) is 10.9 Å². The number of aromatic amines is 2. The van der Waals surface area contributed by atoms with E-state index in [9.17, 15) is 9.18 Å². The van der Waals surface area contributed by atoms with E-state index in [-0.39, 0.29) is 17.9 Å². The molecular formula is C26H28FN11O. The summed E-state index contributed by atoms with van der Waals surface area (Å²) < 4.78 is 14.6. The van der Waals surface area contributed by atoms with E-state index < -0.39 is 5.82 Å². The van der Waals surface area contributed by atoms with Gasteiger partial charge in [0.05, 0.1) is 23.8 Å². The normalized spacial score (nSPS) is 15.0. The lowest BCUT2D eigenvalue weighted by Gasteiger charge is -2.32. The molecule has 13 heteroatoms. The van der Waals surface area contributed by atoms with Crippen LogP contribution in [0.15, 0.2) is 49.1 Å². The zero-order valence-corrected chi connectivity index (χ0v) is 21.5. The molecule has 200 valence electrons. The number of hydrogen-bond acceptors (Lipinski definition) is 8. The quantitative estimate of drug-likeness (QED) is 0.250. The molecule has 1 saturated heterocycles. The molecule has 1 amide bonds. The highest BCUT2D eigenvalue weighted by Gasteiger charge is 2.28. The number of halogens is 1. The lowest BCUT2D eigenvalue weighted by atomic mass is 9.95. The minimum Gasteiger partial charge on any atom is -0.349 e. The maximum Gasteiger partial charge on any atom is 0.229 e. The largest absolute Gasteiger partial charge is 0.349 e. The number of aryl methyl sites for hydroxylation is 1. The first kappa shape index (κ1) is 24.5. The Bertz CT molecular complexity index is 1600. The molecule has 4 N–H and O–H groups in total. The van der Waals surface area contributed by atoms with Crippen LogP contribution in [0.5, 0.6) is 0 Å². The lowest BCUT2D eigenvalue weighted by molar-refractivity contribution is -0.126. The molecule has 0 radical (unpaired) electrons. The molecule has 5 aromatic heterocycles. The Kier molecular flexibility index (Phi) is 6.39. The number of pyridine rings is 1. The van der Waals surface area contributed by atoms with Crippen molar-refractivity contribution in [2.75, 3.05) is 23.3 Å². The van der Waals surface area contributed by atoms with Gasteiger partial charge in [-0.2, -0.15) is 20.2 Å². The van der Waals surface area contributed by atoms with Crippen LogP contribution in [0.25, 0.3) is 16.9 Å². The number of rotatable bonds is 7. The zero-order valence-electron chi connectivity index (χ0n) is 21.5. The molecule has 6 rings (SSSR count). The van der Waals surface area contributed by atoms with Gasteiger partial charge in [0.25, 0.3) is 0 Å². The van der Waals surface area contributed by atoms with Gasteiger partial charge in [-0.05, 0) is 44.4 Å². The van der Waals surface area contributed by atoms with Crippen LogP contribution in [0.1, 0.15) is 37.1 Å². The van der Waals surface area contributed by atoms with Gasteiger partial charge in [-0.15, -0.1) is 0 Å². The SMILES string of the molecule is Cc1cc(Nc2nc(N3CCC(C(=O)NC(C)c4ccc(-n5cc(F)cn5)nc4)CC3)nc3[nH]ccc23)n[nH]1. The van der Waals surface area contributed by atoms with Gasteiger partial charge in [-0.3, -0.25) is 9.89 Å². The maximum atomic E-state index is 13.2. The first-order valence-electron chi connectivity index (χ1n) is 12.8. The van der Waals surface area contributed by atoms with Crippen LogP contribution in [-0.4, -0.2) is 58.9 Å². The molecule has 1 atom stereocenters. The molecule has 0 bridgehead atoms. The van der Waals surface area contributed by atoms with Crippen molar-refractivity contribution in [3.05, 3.63) is 66.1 Å². The fraction of sp³-hybridized carbons (Fsp3) is 0.308. The second kappa shape index (κ2) is 10.2. The van der Waals surface area contributed by atoms with Crippen molar-refractivity contribution < 1.29 is 9.18 Å². The molecular weight excluding hydrogens is 501 g/mol. The van der Waals surface area contributed by atoms with Gasteiger partial charge in [0.1, 0.15) is 11.5 Å². The molecule has 0 spiro atoms. The predicted octanol–water partition coefficient (Wildman–Crippen LogP) is 3.55. The molecule has 39 heavy (non-hydrogen) atoms. The second-order valence-corrected chi connectivity index (χ2v) is 9.72. The van der Waals surface area contributed by atoms with Crippen molar-refractivity contribution in [1.82, 2.24) is 45.2 Å². The molecule has 1 unspecified atom stereocenters. The highest BCUT2D eigenvalue weighted by molar-refractivity contribution is 5.89. The minimum atomic E-state index is -0.426. The number of piperidine rings is 1. The van der Waals surface area contributed by atoms with E-state index in [1.807, 2.05) is 38.2 Å². The van der Waals surface area contributed by atoms with Crippen molar-refractivity contribution in [2.24, 2.45) is 5.92 Å². The third-order valence-electron chi connectivity index (χ3n) is 6.92. The summed E-state index contributed by atoms with van der Waals surface area (Å²) in [6, 6.07) is 7.24. The molecule has 0 saturated carbocycles. The van der Waals surface area contributed by atoms with Gasteiger partial charge in [0, 0.05) is 43.2 Å². The van der Waals surface area contributed by atoms with Gasteiger partial charge < -0.3 is 20.5 Å². The predicted molar refractivity (Wildman–Crippen MR) is 143 cm³/mol. The van der Waals surface area contributed by atoms with Gasteiger partial charge in [0.2, 0.25) is 11.9 Å². The first-order valence-corrected chi connectivity index (χ1v) is 12.8. The van der Waals surface area contributed by atoms with Crippen LogP contribution in [-0.2, 0) is 4.79 Å². The van der Waals surface area contributed by atoms with Gasteiger partial charge in [-0.25, -0.2) is 14.1 Å². The monoisotopic (exact) mass is 529 g/mol. The number of aromatic nitrogens is 8. The smallest absolute Gasteiger partial charge is 0.229 e. The Hall–Kier alpha value is -4.81. The first-order chi connectivity index (χ1) is 18.9. The van der Waals surface area contributed by atoms with E-state index in [0.29, 0.717) is 49.3 Å². The van der Waals surface area contributed by atoms with Crippen LogP contribution in [0, 0.1) is 18.7 Å². The van der Waals surface area contributed by atoms with E-state index in [4.69, 9.17) is 9.97 Å². The van der Waals surface area contributed by atoms with E-state index in [2.05, 4.69) is 40.8 Å². The Labute approximate surface area is 223 Å². The summed E-state index contributed by atoms with van der Waals surface area (Å²) in [7, 11) is 0. The number of nitrogens with one attached hydrogen (secondary N) is 4. The standard InChI is InChI=1S/C26H28FN11O/c1-15-11-21(36-35-15)32-24-20-5-8-28-23(20)33-26(34-24)37-9-6-17(7-10-37)25(39)31-16(2)18-3-4-22(29-12-18)38-14-19(27)13-30-38/h3-5,8,11-14,16-17H,6-7,9-10H2,1-2H3,(H,31,39)(H3,28,32,33,34,35,36). The third-order valence-corrected chi connectivity index (χ3v) is 6.92. The van der Waals surface area contributed by atoms with Crippen molar-refractivity contribution in [3.8, 4) is 5.82 Å². The maximum absolute atomic E-state index is 13.2. The van der Waals surface area contributed by atoms with Crippen molar-refractivity contribution in [1.29, 1.82) is 0 Å². The summed E-state index contributed by atoms with van der Waals surface area (Å²) in [5.41, 5.74) is 2.55. The Morgan fingerprint density at radius 1 is 1.18 bits per heavy atom. The Morgan fingerprint density at radius 2 is 2.03 bits per heavy atom. The molecule has 1 aliphatic heterocycles. The molecule has 1 fully saturated rings. The van der Waals surface area contributed by atoms with Crippen molar-refractivity contribution in [2.45, 2.75) is 32.7 Å². The van der Waals surface area contributed by atoms with Crippen molar-refractivity contribution in [3.63, 3.8) is 0 Å². The fourth-order valence-electron chi connectivity index (χ4n) is 4.74. The molecule has 0 aromatic carbocycles. The topological polar surface area (TPSA) is 145 Å². The summed E-state index contributed by atoms with van der Waals surface area (Å²) in [6.45, 7) is 5.19. The highest BCUT2D eigenvalue weighted by Crippen LogP contribution is 2.28. The number of fused-ring (bicyclic) bond motifs is 1. The Morgan fingerprint density at radius 3 is 2.72 bits per heavy atom. The molecule has 6 heterocycles. The number of hydrogen-bond donors (Lipinski definition) is 4. The number of anilines is 3. The van der Waals surface area contributed by atoms with Crippen LogP contribution >= 0.6 is 0 Å². The number of carbonyl (C=O) groups is 1. The third kappa shape index (κ3) is 5.15. The summed E-state index contributed by atoms with van der Waals surface area (Å²) in [4.78, 5) is 32.2. The minimum absolute atomic E-state index is 0.0115. The van der Waals surface area contributed by atoms with E-state index in [1.54, 1.807) is 12.3 Å². The van der Waals surface area contributed by atoms with E-state index >= 15 is 0 Å². The molecule has 12 nitrogen and oxygen atoms in total.